The first-order chi connectivity index (χ1) is 24.7. The summed E-state index contributed by atoms with van der Waals surface area (Å²) in [4.78, 5) is 2.57. The van der Waals surface area contributed by atoms with Gasteiger partial charge in [0.05, 0.1) is 55.2 Å². The van der Waals surface area contributed by atoms with Gasteiger partial charge < -0.3 is 28.6 Å². The normalized spacial score (nSPS) is 20.0. The summed E-state index contributed by atoms with van der Waals surface area (Å²) in [5.74, 6) is 0.766. The van der Waals surface area contributed by atoms with E-state index in [1.807, 2.05) is 45.0 Å². The molecule has 276 valence electrons. The number of sulfonamides is 1. The van der Waals surface area contributed by atoms with Crippen LogP contribution in [0.5, 0.6) is 5.75 Å². The van der Waals surface area contributed by atoms with Crippen molar-refractivity contribution < 1.29 is 32.1 Å². The van der Waals surface area contributed by atoms with Crippen molar-refractivity contribution in [1.82, 2.24) is 4.31 Å². The molecule has 0 radical (unpaired) electrons. The standard InChI is InChI=1S/C40H53N3O7S/c1-5-48-31(3)27-47-28-32-11-14-34(15-12-32)37-25-35(8-6-19-41)43(51(44,45)36-16-9-30(2)10-17-36)26-40(37)50-29-33-13-18-39-38(24-33)42(21-23-49-39)20-7-22-46-4/h9-18,24,31,35,37,40H,5-8,20-23,25-29H2,1-4H3/t31?,35-,37+,40-/m0/s1. The van der Waals surface area contributed by atoms with Crippen molar-refractivity contribution >= 4 is 15.7 Å². The van der Waals surface area contributed by atoms with E-state index in [4.69, 9.17) is 23.7 Å². The fourth-order valence-corrected chi connectivity index (χ4v) is 8.63. The van der Waals surface area contributed by atoms with Gasteiger partial charge in [-0.3, -0.25) is 0 Å². The van der Waals surface area contributed by atoms with Crippen molar-refractivity contribution in [3.8, 4) is 11.8 Å². The van der Waals surface area contributed by atoms with Crippen LogP contribution in [-0.2, 0) is 42.2 Å². The van der Waals surface area contributed by atoms with Gasteiger partial charge in [0.2, 0.25) is 10.0 Å². The highest BCUT2D eigenvalue weighted by molar-refractivity contribution is 7.89. The smallest absolute Gasteiger partial charge is 0.243 e. The zero-order valence-corrected chi connectivity index (χ0v) is 31.3. The Morgan fingerprint density at radius 2 is 1.80 bits per heavy atom. The topological polar surface area (TPSA) is 111 Å². The number of hydrogen-bond acceptors (Lipinski definition) is 9. The van der Waals surface area contributed by atoms with Crippen molar-refractivity contribution in [3.05, 3.63) is 89.0 Å². The minimum Gasteiger partial charge on any atom is -0.490 e. The summed E-state index contributed by atoms with van der Waals surface area (Å²) in [6.45, 7) is 11.0. The second-order valence-electron chi connectivity index (χ2n) is 13.4. The minimum absolute atomic E-state index is 0.0280. The van der Waals surface area contributed by atoms with Gasteiger partial charge in [0.1, 0.15) is 12.4 Å². The number of nitriles is 1. The second kappa shape index (κ2) is 18.8. The van der Waals surface area contributed by atoms with E-state index in [2.05, 4.69) is 41.3 Å². The molecule has 0 aliphatic carbocycles. The molecular formula is C40H53N3O7S. The predicted octanol–water partition coefficient (Wildman–Crippen LogP) is 6.61. The van der Waals surface area contributed by atoms with E-state index in [9.17, 15) is 13.7 Å². The van der Waals surface area contributed by atoms with Crippen LogP contribution in [0.2, 0.25) is 0 Å². The van der Waals surface area contributed by atoms with E-state index in [1.54, 1.807) is 23.5 Å². The highest BCUT2D eigenvalue weighted by Crippen LogP contribution is 2.39. The molecule has 1 unspecified atom stereocenters. The maximum atomic E-state index is 14.2. The van der Waals surface area contributed by atoms with Crippen LogP contribution in [0.15, 0.2) is 71.6 Å². The molecule has 3 aromatic rings. The predicted molar refractivity (Wildman–Crippen MR) is 197 cm³/mol. The number of ether oxygens (including phenoxy) is 5. The Balaban J connectivity index is 1.40. The molecule has 3 aromatic carbocycles. The second-order valence-corrected chi connectivity index (χ2v) is 15.3. The highest BCUT2D eigenvalue weighted by atomic mass is 32.2. The Labute approximate surface area is 304 Å². The molecule has 1 saturated heterocycles. The molecule has 0 bridgehead atoms. The lowest BCUT2D eigenvalue weighted by atomic mass is 9.82. The summed E-state index contributed by atoms with van der Waals surface area (Å²) >= 11 is 0. The maximum Gasteiger partial charge on any atom is 0.243 e. The van der Waals surface area contributed by atoms with Crippen LogP contribution < -0.4 is 9.64 Å². The first-order valence-electron chi connectivity index (χ1n) is 18.1. The summed E-state index contributed by atoms with van der Waals surface area (Å²) in [5, 5.41) is 9.53. The van der Waals surface area contributed by atoms with Crippen molar-refractivity contribution in [1.29, 1.82) is 5.26 Å². The minimum atomic E-state index is -3.85. The molecule has 4 atom stereocenters. The van der Waals surface area contributed by atoms with Crippen LogP contribution in [0.1, 0.15) is 67.7 Å². The number of benzene rings is 3. The average molecular weight is 720 g/mol. The van der Waals surface area contributed by atoms with Gasteiger partial charge >= 0.3 is 0 Å². The lowest BCUT2D eigenvalue weighted by Gasteiger charge is -2.43. The highest BCUT2D eigenvalue weighted by Gasteiger charge is 2.42. The quantitative estimate of drug-likeness (QED) is 0.134. The third kappa shape index (κ3) is 10.3. The van der Waals surface area contributed by atoms with Crippen LogP contribution in [0.25, 0.3) is 0 Å². The first-order valence-corrected chi connectivity index (χ1v) is 19.5. The lowest BCUT2D eigenvalue weighted by molar-refractivity contribution is -0.0206. The zero-order chi connectivity index (χ0) is 36.2. The third-order valence-corrected chi connectivity index (χ3v) is 11.6. The first kappa shape index (κ1) is 38.7. The Bertz CT molecular complexity index is 1680. The molecule has 51 heavy (non-hydrogen) atoms. The Morgan fingerprint density at radius 3 is 2.53 bits per heavy atom. The Kier molecular flexibility index (Phi) is 14.3. The van der Waals surface area contributed by atoms with Crippen molar-refractivity contribution in [2.75, 3.05) is 58.1 Å². The van der Waals surface area contributed by atoms with Gasteiger partial charge in [0.15, 0.2) is 0 Å². The van der Waals surface area contributed by atoms with Crippen LogP contribution in [0, 0.1) is 18.3 Å². The largest absolute Gasteiger partial charge is 0.490 e. The molecule has 0 amide bonds. The fourth-order valence-electron chi connectivity index (χ4n) is 6.95. The number of methoxy groups -OCH3 is 1. The fraction of sp³-hybridized carbons (Fsp3) is 0.525. The molecule has 2 aliphatic heterocycles. The van der Waals surface area contributed by atoms with E-state index in [1.165, 1.54) is 0 Å². The number of anilines is 1. The molecule has 2 heterocycles. The van der Waals surface area contributed by atoms with Crippen LogP contribution >= 0.6 is 0 Å². The van der Waals surface area contributed by atoms with Gasteiger partial charge in [0, 0.05) is 51.8 Å². The van der Waals surface area contributed by atoms with Gasteiger partial charge in [0.25, 0.3) is 0 Å². The number of rotatable bonds is 18. The number of aryl methyl sites for hydroxylation is 1. The van der Waals surface area contributed by atoms with Crippen molar-refractivity contribution in [3.63, 3.8) is 0 Å². The van der Waals surface area contributed by atoms with Crippen molar-refractivity contribution in [2.45, 2.75) is 88.7 Å². The summed E-state index contributed by atoms with van der Waals surface area (Å²) < 4.78 is 59.5. The van der Waals surface area contributed by atoms with Gasteiger partial charge in [-0.15, -0.1) is 0 Å². The molecule has 0 spiro atoms. The third-order valence-electron chi connectivity index (χ3n) is 9.66. The monoisotopic (exact) mass is 719 g/mol. The van der Waals surface area contributed by atoms with Gasteiger partial charge in [-0.05, 0) is 81.0 Å². The summed E-state index contributed by atoms with van der Waals surface area (Å²) in [7, 11) is -2.14. The zero-order valence-electron chi connectivity index (χ0n) is 30.5. The molecule has 0 N–H and O–H groups in total. The summed E-state index contributed by atoms with van der Waals surface area (Å²) in [6, 6.07) is 23.3. The lowest BCUT2D eigenvalue weighted by Crippen LogP contribution is -2.52. The molecule has 0 aromatic heterocycles. The van der Waals surface area contributed by atoms with E-state index in [0.717, 1.165) is 53.2 Å². The van der Waals surface area contributed by atoms with E-state index in [-0.39, 0.29) is 35.9 Å². The number of nitrogens with zero attached hydrogens (tertiary/aromatic N) is 3. The molecular weight excluding hydrogens is 667 g/mol. The molecule has 0 saturated carbocycles. The van der Waals surface area contributed by atoms with Crippen molar-refractivity contribution in [2.24, 2.45) is 0 Å². The SMILES string of the molecule is CCOC(C)COCc1ccc([C@H]2C[C@H](CCC#N)N(S(=O)(=O)c3ccc(C)cc3)C[C@@H]2OCc2ccc3c(c2)N(CCCOC)CCO3)cc1. The van der Waals surface area contributed by atoms with E-state index >= 15 is 0 Å². The van der Waals surface area contributed by atoms with E-state index < -0.39 is 16.1 Å². The van der Waals surface area contributed by atoms with Gasteiger partial charge in [-0.2, -0.15) is 9.57 Å². The van der Waals surface area contributed by atoms with Gasteiger partial charge in [-0.25, -0.2) is 8.42 Å². The molecule has 1 fully saturated rings. The van der Waals surface area contributed by atoms with Gasteiger partial charge in [-0.1, -0.05) is 48.0 Å². The summed E-state index contributed by atoms with van der Waals surface area (Å²) in [6.07, 6.45) is 1.75. The molecule has 2 aliphatic rings. The number of hydrogen-bond donors (Lipinski definition) is 0. The summed E-state index contributed by atoms with van der Waals surface area (Å²) in [5.41, 5.74) is 5.13. The number of piperidine rings is 1. The molecule has 11 heteroatoms. The Hall–Kier alpha value is -3.50. The maximum absolute atomic E-state index is 14.2. The Morgan fingerprint density at radius 1 is 1.04 bits per heavy atom. The van der Waals surface area contributed by atoms with Crippen LogP contribution in [0.4, 0.5) is 5.69 Å². The molecule has 5 rings (SSSR count). The van der Waals surface area contributed by atoms with E-state index in [0.29, 0.717) is 52.5 Å². The van der Waals surface area contributed by atoms with Crippen LogP contribution in [-0.4, -0.2) is 84.1 Å². The number of fused-ring (bicyclic) bond motifs is 1. The average Bonchev–Trinajstić information content (AvgIpc) is 3.14. The van der Waals surface area contributed by atoms with Crippen LogP contribution in [0.3, 0.4) is 0 Å². The molecule has 10 nitrogen and oxygen atoms in total.